The summed E-state index contributed by atoms with van der Waals surface area (Å²) in [6.07, 6.45) is 4.04. The normalized spacial score (nSPS) is 10.7. The minimum atomic E-state index is 0.125. The van der Waals surface area contributed by atoms with Crippen LogP contribution in [0.5, 0.6) is 0 Å². The number of nitrogens with one attached hydrogen (secondary N) is 2. The highest BCUT2D eigenvalue weighted by Gasteiger charge is 2.11. The lowest BCUT2D eigenvalue weighted by Gasteiger charge is -2.09. The van der Waals surface area contributed by atoms with Crippen LogP contribution in [0.1, 0.15) is 11.1 Å². The molecule has 2 aromatic heterocycles. The molecule has 4 aromatic rings. The summed E-state index contributed by atoms with van der Waals surface area (Å²) in [7, 11) is 0. The minimum Gasteiger partial charge on any atom is -0.396 e. The van der Waals surface area contributed by atoms with Gasteiger partial charge in [0, 0.05) is 35.0 Å². The predicted octanol–water partition coefficient (Wildman–Crippen LogP) is 3.77. The summed E-state index contributed by atoms with van der Waals surface area (Å²) in [5.41, 5.74) is 4.82. The summed E-state index contributed by atoms with van der Waals surface area (Å²) >= 11 is 0. The third-order valence-corrected chi connectivity index (χ3v) is 4.35. The lowest BCUT2D eigenvalue weighted by atomic mass is 10.1. The van der Waals surface area contributed by atoms with E-state index in [4.69, 9.17) is 5.11 Å². The molecule has 4 rings (SSSR count). The Bertz CT molecular complexity index is 1130. The fourth-order valence-electron chi connectivity index (χ4n) is 2.96. The number of rotatable bonds is 5. The summed E-state index contributed by atoms with van der Waals surface area (Å²) in [6.45, 7) is 0.125. The molecule has 6 nitrogen and oxygen atoms in total. The first-order valence-corrected chi connectivity index (χ1v) is 8.58. The molecule has 0 bridgehead atoms. The smallest absolute Gasteiger partial charge is 0.227 e. The highest BCUT2D eigenvalue weighted by atomic mass is 16.2. The molecule has 6 heteroatoms. The van der Waals surface area contributed by atoms with E-state index in [2.05, 4.69) is 26.3 Å². The average molecular weight is 355 g/mol. The molecular formula is C21H17N5O. The van der Waals surface area contributed by atoms with Gasteiger partial charge in [0.2, 0.25) is 5.95 Å². The van der Waals surface area contributed by atoms with Crippen LogP contribution >= 0.6 is 0 Å². The standard InChI is InChI=1S/C21H17N5O/c22-12-17-13-24-21(25-18-4-1-14(2-5-18)8-10-27)26-20(17)16-3-6-19-15(11-16)7-9-23-19/h1-7,9,11,13,23,27H,8,10H2,(H,24,25,26). The number of aromatic nitrogens is 3. The van der Waals surface area contributed by atoms with Gasteiger partial charge in [0.15, 0.2) is 0 Å². The Morgan fingerprint density at radius 3 is 2.74 bits per heavy atom. The summed E-state index contributed by atoms with van der Waals surface area (Å²) in [5, 5.41) is 22.7. The van der Waals surface area contributed by atoms with E-state index < -0.39 is 0 Å². The van der Waals surface area contributed by atoms with Gasteiger partial charge < -0.3 is 15.4 Å². The highest BCUT2D eigenvalue weighted by molar-refractivity contribution is 5.85. The summed E-state index contributed by atoms with van der Waals surface area (Å²) in [5.74, 6) is 0.424. The van der Waals surface area contributed by atoms with Crippen molar-refractivity contribution in [1.82, 2.24) is 15.0 Å². The number of aliphatic hydroxyl groups is 1. The van der Waals surface area contributed by atoms with Crippen molar-refractivity contribution < 1.29 is 5.11 Å². The van der Waals surface area contributed by atoms with Crippen molar-refractivity contribution in [2.75, 3.05) is 11.9 Å². The van der Waals surface area contributed by atoms with Crippen LogP contribution in [0.3, 0.4) is 0 Å². The number of hydrogen-bond acceptors (Lipinski definition) is 5. The number of H-pyrrole nitrogens is 1. The van der Waals surface area contributed by atoms with Gasteiger partial charge in [-0.3, -0.25) is 0 Å². The Hall–Kier alpha value is -3.69. The Labute approximate surface area is 156 Å². The third-order valence-electron chi connectivity index (χ3n) is 4.35. The highest BCUT2D eigenvalue weighted by Crippen LogP contribution is 2.26. The summed E-state index contributed by atoms with van der Waals surface area (Å²) in [6, 6.07) is 17.8. The number of fused-ring (bicyclic) bond motifs is 1. The van der Waals surface area contributed by atoms with Gasteiger partial charge >= 0.3 is 0 Å². The van der Waals surface area contributed by atoms with E-state index in [0.29, 0.717) is 23.6 Å². The molecule has 2 heterocycles. The quantitative estimate of drug-likeness (QED) is 0.506. The maximum absolute atomic E-state index is 9.44. The summed E-state index contributed by atoms with van der Waals surface area (Å²) < 4.78 is 0. The van der Waals surface area contributed by atoms with Crippen LogP contribution in [0, 0.1) is 11.3 Å². The van der Waals surface area contributed by atoms with Crippen LogP contribution in [0.4, 0.5) is 11.6 Å². The molecule has 132 valence electrons. The average Bonchev–Trinajstić information content (AvgIpc) is 3.17. The lowest BCUT2D eigenvalue weighted by Crippen LogP contribution is -2.00. The van der Waals surface area contributed by atoms with Crippen molar-refractivity contribution in [2.45, 2.75) is 6.42 Å². The van der Waals surface area contributed by atoms with Gasteiger partial charge in [-0.25, -0.2) is 9.97 Å². The monoisotopic (exact) mass is 355 g/mol. The van der Waals surface area contributed by atoms with Crippen molar-refractivity contribution >= 4 is 22.5 Å². The number of hydrogen-bond donors (Lipinski definition) is 3. The zero-order valence-corrected chi connectivity index (χ0v) is 14.5. The molecule has 2 aromatic carbocycles. The topological polar surface area (TPSA) is 97.6 Å². The maximum Gasteiger partial charge on any atom is 0.227 e. The van der Waals surface area contributed by atoms with Gasteiger partial charge in [0.25, 0.3) is 0 Å². The Kier molecular flexibility index (Phi) is 4.52. The first kappa shape index (κ1) is 16.8. The van der Waals surface area contributed by atoms with Gasteiger partial charge in [-0.1, -0.05) is 18.2 Å². The molecule has 0 amide bonds. The van der Waals surface area contributed by atoms with E-state index in [-0.39, 0.29) is 6.61 Å². The van der Waals surface area contributed by atoms with Crippen molar-refractivity contribution in [1.29, 1.82) is 5.26 Å². The number of aromatic amines is 1. The van der Waals surface area contributed by atoms with Crippen LogP contribution < -0.4 is 5.32 Å². The molecule has 27 heavy (non-hydrogen) atoms. The number of aliphatic hydroxyl groups excluding tert-OH is 1. The van der Waals surface area contributed by atoms with E-state index in [1.807, 2.05) is 54.7 Å². The fourth-order valence-corrected chi connectivity index (χ4v) is 2.96. The number of benzene rings is 2. The van der Waals surface area contributed by atoms with Gasteiger partial charge in [-0.05, 0) is 42.3 Å². The Morgan fingerprint density at radius 2 is 1.96 bits per heavy atom. The fraction of sp³-hybridized carbons (Fsp3) is 0.0952. The van der Waals surface area contributed by atoms with Crippen molar-refractivity contribution in [2.24, 2.45) is 0 Å². The van der Waals surface area contributed by atoms with E-state index in [1.165, 1.54) is 6.20 Å². The van der Waals surface area contributed by atoms with Gasteiger partial charge in [0.1, 0.15) is 6.07 Å². The predicted molar refractivity (Wildman–Crippen MR) is 105 cm³/mol. The second kappa shape index (κ2) is 7.28. The SMILES string of the molecule is N#Cc1cnc(Nc2ccc(CCO)cc2)nc1-c1ccc2[nH]ccc2c1. The second-order valence-corrected chi connectivity index (χ2v) is 6.14. The first-order valence-electron chi connectivity index (χ1n) is 8.58. The van der Waals surface area contributed by atoms with Crippen molar-refractivity contribution in [3.05, 3.63) is 72.1 Å². The van der Waals surface area contributed by atoms with Crippen LogP contribution in [-0.4, -0.2) is 26.7 Å². The third kappa shape index (κ3) is 3.50. The second-order valence-electron chi connectivity index (χ2n) is 6.14. The molecule has 0 aliphatic rings. The van der Waals surface area contributed by atoms with E-state index >= 15 is 0 Å². The molecule has 0 atom stereocenters. The molecule has 0 radical (unpaired) electrons. The van der Waals surface area contributed by atoms with Gasteiger partial charge in [-0.2, -0.15) is 5.26 Å². The van der Waals surface area contributed by atoms with Crippen molar-refractivity contribution in [3.63, 3.8) is 0 Å². The molecule has 3 N–H and O–H groups in total. The van der Waals surface area contributed by atoms with Gasteiger partial charge in [0.05, 0.1) is 17.5 Å². The Balaban J connectivity index is 1.67. The minimum absolute atomic E-state index is 0.125. The van der Waals surface area contributed by atoms with Crippen molar-refractivity contribution in [3.8, 4) is 17.3 Å². The van der Waals surface area contributed by atoms with Crippen LogP contribution in [0.15, 0.2) is 60.9 Å². The first-order chi connectivity index (χ1) is 13.3. The van der Waals surface area contributed by atoms with E-state index in [9.17, 15) is 5.26 Å². The Morgan fingerprint density at radius 1 is 1.11 bits per heavy atom. The van der Waals surface area contributed by atoms with Crippen LogP contribution in [0.2, 0.25) is 0 Å². The van der Waals surface area contributed by atoms with E-state index in [0.717, 1.165) is 27.7 Å². The maximum atomic E-state index is 9.44. The molecule has 0 aliphatic carbocycles. The zero-order chi connectivity index (χ0) is 18.6. The summed E-state index contributed by atoms with van der Waals surface area (Å²) in [4.78, 5) is 12.0. The zero-order valence-electron chi connectivity index (χ0n) is 14.5. The largest absolute Gasteiger partial charge is 0.396 e. The number of nitrogens with zero attached hydrogens (tertiary/aromatic N) is 3. The number of anilines is 2. The number of nitriles is 1. The molecule has 0 spiro atoms. The molecule has 0 unspecified atom stereocenters. The van der Waals surface area contributed by atoms with E-state index in [1.54, 1.807) is 0 Å². The van der Waals surface area contributed by atoms with Crippen LogP contribution in [0.25, 0.3) is 22.2 Å². The molecular weight excluding hydrogens is 338 g/mol. The molecule has 0 aliphatic heterocycles. The van der Waals surface area contributed by atoms with Gasteiger partial charge in [-0.15, -0.1) is 0 Å². The molecule has 0 fully saturated rings. The molecule has 0 saturated heterocycles. The molecule has 0 saturated carbocycles. The van der Waals surface area contributed by atoms with Crippen LogP contribution in [-0.2, 0) is 6.42 Å². The lowest BCUT2D eigenvalue weighted by molar-refractivity contribution is 0.299.